The predicted molar refractivity (Wildman–Crippen MR) is 114 cm³/mol. The summed E-state index contributed by atoms with van der Waals surface area (Å²) in [6.07, 6.45) is 1.36. The van der Waals surface area contributed by atoms with Crippen molar-refractivity contribution in [2.45, 2.75) is 19.4 Å². The van der Waals surface area contributed by atoms with Crippen LogP contribution in [-0.2, 0) is 24.1 Å². The van der Waals surface area contributed by atoms with E-state index < -0.39 is 0 Å². The van der Waals surface area contributed by atoms with Crippen LogP contribution in [0.15, 0.2) is 42.5 Å². The van der Waals surface area contributed by atoms with Crippen molar-refractivity contribution >= 4 is 39.8 Å². The number of nitrogens with zero attached hydrogens (tertiary/aromatic N) is 4. The standard InChI is InChI=1S/C21H19ClN4O2S/c22-16-6-4-14(5-7-16)12-19-23-24-20(29-19)25-9-8-17-15(13-25)2-1-3-18(17)26-10-11-28-21(26)27/h1-7H,8-13H2. The number of hydrogen-bond acceptors (Lipinski definition) is 6. The van der Waals surface area contributed by atoms with Crippen LogP contribution in [0.4, 0.5) is 15.6 Å². The van der Waals surface area contributed by atoms with Crippen LogP contribution in [0, 0.1) is 0 Å². The fourth-order valence-corrected chi connectivity index (χ4v) is 4.86. The Balaban J connectivity index is 1.33. The lowest BCUT2D eigenvalue weighted by atomic mass is 9.97. The molecule has 0 unspecified atom stereocenters. The minimum absolute atomic E-state index is 0.253. The van der Waals surface area contributed by atoms with Gasteiger partial charge in [-0.3, -0.25) is 4.90 Å². The zero-order chi connectivity index (χ0) is 19.8. The van der Waals surface area contributed by atoms with Crippen molar-refractivity contribution in [3.05, 3.63) is 69.2 Å². The molecule has 8 heteroatoms. The van der Waals surface area contributed by atoms with E-state index in [2.05, 4.69) is 21.2 Å². The van der Waals surface area contributed by atoms with E-state index in [0.717, 1.165) is 46.8 Å². The molecule has 2 aliphatic rings. The highest BCUT2D eigenvalue weighted by Crippen LogP contribution is 2.33. The van der Waals surface area contributed by atoms with E-state index in [9.17, 15) is 4.79 Å². The average molecular weight is 427 g/mol. The largest absolute Gasteiger partial charge is 0.447 e. The first-order chi connectivity index (χ1) is 14.2. The highest BCUT2D eigenvalue weighted by atomic mass is 35.5. The molecule has 0 bridgehead atoms. The fourth-order valence-electron chi connectivity index (χ4n) is 3.84. The molecule has 1 saturated heterocycles. The number of benzene rings is 2. The number of halogens is 1. The van der Waals surface area contributed by atoms with Crippen LogP contribution in [0.3, 0.4) is 0 Å². The second-order valence-corrected chi connectivity index (χ2v) is 8.61. The van der Waals surface area contributed by atoms with Crippen molar-refractivity contribution in [1.29, 1.82) is 0 Å². The Labute approximate surface area is 177 Å². The molecule has 3 heterocycles. The second-order valence-electron chi connectivity index (χ2n) is 7.13. The number of anilines is 2. The van der Waals surface area contributed by atoms with Crippen molar-refractivity contribution in [1.82, 2.24) is 10.2 Å². The highest BCUT2D eigenvalue weighted by molar-refractivity contribution is 7.15. The molecule has 1 fully saturated rings. The van der Waals surface area contributed by atoms with Crippen LogP contribution >= 0.6 is 22.9 Å². The monoisotopic (exact) mass is 426 g/mol. The third-order valence-corrected chi connectivity index (χ3v) is 6.52. The summed E-state index contributed by atoms with van der Waals surface area (Å²) in [5.41, 5.74) is 4.60. The average Bonchev–Trinajstić information content (AvgIpc) is 3.38. The molecule has 1 aromatic heterocycles. The fraction of sp³-hybridized carbons (Fsp3) is 0.286. The number of hydrogen-bond donors (Lipinski definition) is 0. The van der Waals surface area contributed by atoms with Gasteiger partial charge in [-0.2, -0.15) is 0 Å². The number of amides is 1. The lowest BCUT2D eigenvalue weighted by molar-refractivity contribution is 0.181. The summed E-state index contributed by atoms with van der Waals surface area (Å²) >= 11 is 7.59. The molecule has 0 aliphatic carbocycles. The SMILES string of the molecule is O=C1OCCN1c1cccc2c1CCN(c1nnc(Cc3ccc(Cl)cc3)s1)C2. The molecular weight excluding hydrogens is 408 g/mol. The normalized spacial score (nSPS) is 16.1. The first-order valence-electron chi connectivity index (χ1n) is 9.54. The third-order valence-electron chi connectivity index (χ3n) is 5.29. The second kappa shape index (κ2) is 7.65. The van der Waals surface area contributed by atoms with E-state index in [-0.39, 0.29) is 6.09 Å². The summed E-state index contributed by atoms with van der Waals surface area (Å²) in [5.74, 6) is 0. The molecular formula is C21H19ClN4O2S. The third kappa shape index (κ3) is 3.68. The van der Waals surface area contributed by atoms with Gasteiger partial charge in [0.15, 0.2) is 0 Å². The number of carbonyl (C=O) groups excluding carboxylic acids is 1. The van der Waals surface area contributed by atoms with Crippen molar-refractivity contribution in [2.75, 3.05) is 29.5 Å². The number of rotatable bonds is 4. The molecule has 29 heavy (non-hydrogen) atoms. The van der Waals surface area contributed by atoms with E-state index in [1.54, 1.807) is 16.2 Å². The Morgan fingerprint density at radius 2 is 1.97 bits per heavy atom. The molecule has 1 amide bonds. The van der Waals surface area contributed by atoms with E-state index >= 15 is 0 Å². The van der Waals surface area contributed by atoms with Gasteiger partial charge in [-0.1, -0.05) is 47.2 Å². The van der Waals surface area contributed by atoms with Crippen molar-refractivity contribution in [2.24, 2.45) is 0 Å². The summed E-state index contributed by atoms with van der Waals surface area (Å²) in [6, 6.07) is 14.0. The summed E-state index contributed by atoms with van der Waals surface area (Å²) < 4.78 is 5.11. The van der Waals surface area contributed by atoms with Crippen LogP contribution in [-0.4, -0.2) is 36.0 Å². The first kappa shape index (κ1) is 18.4. The van der Waals surface area contributed by atoms with Crippen molar-refractivity contribution in [3.63, 3.8) is 0 Å². The van der Waals surface area contributed by atoms with Crippen LogP contribution in [0.1, 0.15) is 21.7 Å². The van der Waals surface area contributed by atoms with Crippen molar-refractivity contribution < 1.29 is 9.53 Å². The zero-order valence-electron chi connectivity index (χ0n) is 15.7. The Hall–Kier alpha value is -2.64. The molecule has 0 atom stereocenters. The Morgan fingerprint density at radius 1 is 1.10 bits per heavy atom. The number of fused-ring (bicyclic) bond motifs is 1. The molecule has 148 valence electrons. The number of aromatic nitrogens is 2. The lowest BCUT2D eigenvalue weighted by Crippen LogP contribution is -2.33. The molecule has 2 aromatic carbocycles. The molecule has 0 N–H and O–H groups in total. The predicted octanol–water partition coefficient (Wildman–Crippen LogP) is 4.30. The molecule has 0 saturated carbocycles. The Kier molecular flexibility index (Phi) is 4.85. The van der Waals surface area contributed by atoms with Crippen LogP contribution < -0.4 is 9.80 Å². The molecule has 3 aromatic rings. The van der Waals surface area contributed by atoms with E-state index in [4.69, 9.17) is 16.3 Å². The minimum Gasteiger partial charge on any atom is -0.447 e. The quantitative estimate of drug-likeness (QED) is 0.622. The van der Waals surface area contributed by atoms with Gasteiger partial charge in [-0.05, 0) is 41.3 Å². The van der Waals surface area contributed by atoms with Crippen molar-refractivity contribution in [3.8, 4) is 0 Å². The topological polar surface area (TPSA) is 58.6 Å². The van der Waals surface area contributed by atoms with Gasteiger partial charge in [0, 0.05) is 24.5 Å². The molecule has 0 radical (unpaired) electrons. The molecule has 6 nitrogen and oxygen atoms in total. The maximum atomic E-state index is 12.0. The van der Waals surface area contributed by atoms with Gasteiger partial charge in [0.2, 0.25) is 5.13 Å². The lowest BCUT2D eigenvalue weighted by Gasteiger charge is -2.30. The number of ether oxygens (including phenoxy) is 1. The number of cyclic esters (lactones) is 1. The Bertz CT molecular complexity index is 1050. The summed E-state index contributed by atoms with van der Waals surface area (Å²) in [5, 5.41) is 11.5. The maximum Gasteiger partial charge on any atom is 0.414 e. The minimum atomic E-state index is -0.253. The van der Waals surface area contributed by atoms with Gasteiger partial charge >= 0.3 is 6.09 Å². The number of carbonyl (C=O) groups is 1. The van der Waals surface area contributed by atoms with Gasteiger partial charge in [-0.15, -0.1) is 10.2 Å². The van der Waals surface area contributed by atoms with Crippen LogP contribution in [0.2, 0.25) is 5.02 Å². The molecule has 5 rings (SSSR count). The summed E-state index contributed by atoms with van der Waals surface area (Å²) in [4.78, 5) is 16.0. The van der Waals surface area contributed by atoms with Gasteiger partial charge in [-0.25, -0.2) is 4.79 Å². The van der Waals surface area contributed by atoms with E-state index in [1.165, 1.54) is 16.7 Å². The highest BCUT2D eigenvalue weighted by Gasteiger charge is 2.29. The van der Waals surface area contributed by atoms with Gasteiger partial charge in [0.1, 0.15) is 11.6 Å². The molecule has 2 aliphatic heterocycles. The van der Waals surface area contributed by atoms with Gasteiger partial charge < -0.3 is 9.64 Å². The van der Waals surface area contributed by atoms with Gasteiger partial charge in [0.05, 0.1) is 12.2 Å². The zero-order valence-corrected chi connectivity index (χ0v) is 17.2. The Morgan fingerprint density at radius 3 is 2.76 bits per heavy atom. The van der Waals surface area contributed by atoms with Crippen LogP contribution in [0.5, 0.6) is 0 Å². The summed E-state index contributed by atoms with van der Waals surface area (Å²) in [6.45, 7) is 2.68. The van der Waals surface area contributed by atoms with E-state index in [0.29, 0.717) is 13.2 Å². The van der Waals surface area contributed by atoms with Crippen LogP contribution in [0.25, 0.3) is 0 Å². The molecule has 0 spiro atoms. The van der Waals surface area contributed by atoms with Gasteiger partial charge in [0.25, 0.3) is 0 Å². The maximum absolute atomic E-state index is 12.0. The first-order valence-corrected chi connectivity index (χ1v) is 10.7. The smallest absolute Gasteiger partial charge is 0.414 e. The summed E-state index contributed by atoms with van der Waals surface area (Å²) in [7, 11) is 0. The van der Waals surface area contributed by atoms with E-state index in [1.807, 2.05) is 36.4 Å².